The minimum atomic E-state index is -3.70. The second-order valence-corrected chi connectivity index (χ2v) is 10.2. The molecule has 3 aromatic carbocycles. The van der Waals surface area contributed by atoms with Crippen LogP contribution in [0.2, 0.25) is 0 Å². The van der Waals surface area contributed by atoms with E-state index in [0.717, 1.165) is 11.3 Å². The molecule has 1 aliphatic rings. The van der Waals surface area contributed by atoms with E-state index in [9.17, 15) is 13.2 Å². The molecule has 7 nitrogen and oxygen atoms in total. The van der Waals surface area contributed by atoms with Crippen molar-refractivity contribution >= 4 is 21.6 Å². The minimum absolute atomic E-state index is 0.147. The molecular weight excluding hydrogens is 452 g/mol. The highest BCUT2D eigenvalue weighted by Gasteiger charge is 2.33. The Bertz CT molecular complexity index is 1240. The monoisotopic (exact) mass is 480 g/mol. The van der Waals surface area contributed by atoms with Gasteiger partial charge in [0.15, 0.2) is 0 Å². The van der Waals surface area contributed by atoms with Gasteiger partial charge in [-0.2, -0.15) is 4.31 Å². The molecule has 1 amide bonds. The molecule has 1 unspecified atom stereocenters. The first-order valence-electron chi connectivity index (χ1n) is 11.2. The van der Waals surface area contributed by atoms with Crippen LogP contribution in [0.4, 0.5) is 5.69 Å². The lowest BCUT2D eigenvalue weighted by molar-refractivity contribution is -0.120. The fourth-order valence-electron chi connectivity index (χ4n) is 4.01. The number of amides is 1. The Balaban J connectivity index is 1.40. The molecule has 1 heterocycles. The molecule has 178 valence electrons. The zero-order valence-corrected chi connectivity index (χ0v) is 20.0. The summed E-state index contributed by atoms with van der Waals surface area (Å²) in [5.41, 5.74) is 1.38. The van der Waals surface area contributed by atoms with E-state index < -0.39 is 15.9 Å². The lowest BCUT2D eigenvalue weighted by Crippen LogP contribution is -2.43. The Kier molecular flexibility index (Phi) is 7.19. The van der Waals surface area contributed by atoms with Gasteiger partial charge in [-0.1, -0.05) is 18.2 Å². The second-order valence-electron chi connectivity index (χ2n) is 8.26. The number of hydrogen-bond donors (Lipinski definition) is 1. The van der Waals surface area contributed by atoms with E-state index >= 15 is 0 Å². The predicted molar refractivity (Wildman–Crippen MR) is 131 cm³/mol. The number of para-hydroxylation sites is 1. The average Bonchev–Trinajstić information content (AvgIpc) is 2.86. The van der Waals surface area contributed by atoms with Crippen molar-refractivity contribution in [2.24, 2.45) is 5.92 Å². The Labute approximate surface area is 200 Å². The van der Waals surface area contributed by atoms with Crippen LogP contribution in [0.25, 0.3) is 0 Å². The number of rotatable bonds is 7. The number of aryl methyl sites for hydroxylation is 1. The summed E-state index contributed by atoms with van der Waals surface area (Å²) in [6.45, 7) is 2.34. The summed E-state index contributed by atoms with van der Waals surface area (Å²) in [7, 11) is -2.15. The van der Waals surface area contributed by atoms with Gasteiger partial charge in [-0.05, 0) is 79.9 Å². The zero-order valence-electron chi connectivity index (χ0n) is 19.2. The Morgan fingerprint density at radius 3 is 2.38 bits per heavy atom. The van der Waals surface area contributed by atoms with E-state index in [1.165, 1.54) is 4.31 Å². The first-order valence-corrected chi connectivity index (χ1v) is 12.6. The average molecular weight is 481 g/mol. The van der Waals surface area contributed by atoms with Gasteiger partial charge in [0.05, 0.1) is 17.9 Å². The molecule has 0 aromatic heterocycles. The van der Waals surface area contributed by atoms with Crippen LogP contribution >= 0.6 is 0 Å². The van der Waals surface area contributed by atoms with Crippen molar-refractivity contribution in [3.63, 3.8) is 0 Å². The number of anilines is 1. The molecular formula is C26H28N2O5S. The van der Waals surface area contributed by atoms with Crippen LogP contribution < -0.4 is 14.8 Å². The molecule has 0 bridgehead atoms. The van der Waals surface area contributed by atoms with Crippen LogP contribution in [-0.2, 0) is 14.8 Å². The third kappa shape index (κ3) is 5.40. The number of piperidine rings is 1. The first kappa shape index (κ1) is 23.8. The van der Waals surface area contributed by atoms with Crippen molar-refractivity contribution in [3.8, 4) is 17.2 Å². The highest BCUT2D eigenvalue weighted by Crippen LogP contribution is 2.28. The van der Waals surface area contributed by atoms with E-state index in [1.807, 2.05) is 30.3 Å². The van der Waals surface area contributed by atoms with Gasteiger partial charge in [0.2, 0.25) is 15.9 Å². The molecule has 1 saturated heterocycles. The second kappa shape index (κ2) is 10.3. The van der Waals surface area contributed by atoms with Crippen molar-refractivity contribution in [2.45, 2.75) is 24.7 Å². The van der Waals surface area contributed by atoms with Crippen LogP contribution in [0.5, 0.6) is 17.2 Å². The van der Waals surface area contributed by atoms with Crippen LogP contribution in [0.1, 0.15) is 18.4 Å². The smallest absolute Gasteiger partial charge is 0.243 e. The number of nitrogens with zero attached hydrogens (tertiary/aromatic N) is 1. The van der Waals surface area contributed by atoms with E-state index in [4.69, 9.17) is 9.47 Å². The summed E-state index contributed by atoms with van der Waals surface area (Å²) in [4.78, 5) is 13.1. The van der Waals surface area contributed by atoms with Crippen LogP contribution in [-0.4, -0.2) is 38.8 Å². The number of nitrogens with one attached hydrogen (secondary N) is 1. The first-order chi connectivity index (χ1) is 16.4. The maximum Gasteiger partial charge on any atom is 0.243 e. The molecule has 0 aliphatic carbocycles. The molecule has 0 saturated carbocycles. The van der Waals surface area contributed by atoms with Gasteiger partial charge in [0, 0.05) is 18.8 Å². The van der Waals surface area contributed by atoms with Crippen molar-refractivity contribution in [1.82, 2.24) is 4.31 Å². The van der Waals surface area contributed by atoms with Crippen LogP contribution in [0, 0.1) is 12.8 Å². The number of sulfonamides is 1. The number of carbonyl (C=O) groups is 1. The Morgan fingerprint density at radius 2 is 1.71 bits per heavy atom. The standard InChI is InChI=1S/C26H28N2O5S/c1-19-17-24(14-15-25(19)32-2)34(30,31)28-16-6-7-20(18-28)26(29)27-21-10-12-23(13-11-21)33-22-8-4-3-5-9-22/h3-5,8-15,17,20H,6-7,16,18H2,1-2H3,(H,27,29). The quantitative estimate of drug-likeness (QED) is 0.523. The van der Waals surface area contributed by atoms with Crippen LogP contribution in [0.3, 0.4) is 0 Å². The summed E-state index contributed by atoms with van der Waals surface area (Å²) >= 11 is 0. The molecule has 1 atom stereocenters. The van der Waals surface area contributed by atoms with Gasteiger partial charge in [-0.3, -0.25) is 4.79 Å². The molecule has 34 heavy (non-hydrogen) atoms. The SMILES string of the molecule is COc1ccc(S(=O)(=O)N2CCCC(C(=O)Nc3ccc(Oc4ccccc4)cc3)C2)cc1C. The normalized spacial score (nSPS) is 16.6. The van der Waals surface area contributed by atoms with Gasteiger partial charge >= 0.3 is 0 Å². The number of ether oxygens (including phenoxy) is 2. The molecule has 8 heteroatoms. The van der Waals surface area contributed by atoms with Gasteiger partial charge in [-0.15, -0.1) is 0 Å². The summed E-state index contributed by atoms with van der Waals surface area (Å²) < 4.78 is 38.8. The topological polar surface area (TPSA) is 84.9 Å². The zero-order chi connectivity index (χ0) is 24.1. The third-order valence-electron chi connectivity index (χ3n) is 5.86. The lowest BCUT2D eigenvalue weighted by atomic mass is 9.99. The molecule has 1 fully saturated rings. The molecule has 1 aliphatic heterocycles. The fourth-order valence-corrected chi connectivity index (χ4v) is 5.62. The highest BCUT2D eigenvalue weighted by molar-refractivity contribution is 7.89. The van der Waals surface area contributed by atoms with E-state index in [2.05, 4.69) is 5.32 Å². The van der Waals surface area contributed by atoms with Gasteiger partial charge in [0.1, 0.15) is 17.2 Å². The fraction of sp³-hybridized carbons (Fsp3) is 0.269. The largest absolute Gasteiger partial charge is 0.496 e. The van der Waals surface area contributed by atoms with Gasteiger partial charge in [0.25, 0.3) is 0 Å². The van der Waals surface area contributed by atoms with Gasteiger partial charge in [-0.25, -0.2) is 8.42 Å². The summed E-state index contributed by atoms with van der Waals surface area (Å²) in [6.07, 6.45) is 1.25. The molecule has 4 rings (SSSR count). The molecule has 1 N–H and O–H groups in total. The lowest BCUT2D eigenvalue weighted by Gasteiger charge is -2.31. The number of carbonyl (C=O) groups excluding carboxylic acids is 1. The van der Waals surface area contributed by atoms with E-state index in [0.29, 0.717) is 36.6 Å². The van der Waals surface area contributed by atoms with Crippen LogP contribution in [0.15, 0.2) is 77.7 Å². The van der Waals surface area contributed by atoms with Gasteiger partial charge < -0.3 is 14.8 Å². The highest BCUT2D eigenvalue weighted by atomic mass is 32.2. The maximum absolute atomic E-state index is 13.2. The number of benzene rings is 3. The predicted octanol–water partition coefficient (Wildman–Crippen LogP) is 4.84. The molecule has 0 radical (unpaired) electrons. The van der Waals surface area contributed by atoms with Crippen molar-refractivity contribution in [1.29, 1.82) is 0 Å². The van der Waals surface area contributed by atoms with Crippen molar-refractivity contribution < 1.29 is 22.7 Å². The number of methoxy groups -OCH3 is 1. The summed E-state index contributed by atoms with van der Waals surface area (Å²) in [5, 5.41) is 2.91. The summed E-state index contributed by atoms with van der Waals surface area (Å²) in [6, 6.07) is 21.4. The minimum Gasteiger partial charge on any atom is -0.496 e. The van der Waals surface area contributed by atoms with E-state index in [1.54, 1.807) is 56.5 Å². The molecule has 0 spiro atoms. The Morgan fingerprint density at radius 1 is 1.00 bits per heavy atom. The summed E-state index contributed by atoms with van der Waals surface area (Å²) in [5.74, 6) is 1.41. The molecule has 3 aromatic rings. The number of hydrogen-bond acceptors (Lipinski definition) is 5. The maximum atomic E-state index is 13.2. The third-order valence-corrected chi connectivity index (χ3v) is 7.72. The van der Waals surface area contributed by atoms with E-state index in [-0.39, 0.29) is 17.3 Å². The van der Waals surface area contributed by atoms with Crippen molar-refractivity contribution in [2.75, 3.05) is 25.5 Å². The van der Waals surface area contributed by atoms with Crippen molar-refractivity contribution in [3.05, 3.63) is 78.4 Å². The Hall–Kier alpha value is -3.36.